The lowest BCUT2D eigenvalue weighted by Crippen LogP contribution is -2.54. The number of fused-ring (bicyclic) bond motifs is 1. The number of nitrogens with one attached hydrogen (secondary N) is 1. The number of rotatable bonds is 10. The molecule has 3 rings (SSSR count). The Morgan fingerprint density at radius 3 is 2.94 bits per heavy atom. The Hall–Kier alpha value is -2.61. The molecule has 170 valence electrons. The highest BCUT2D eigenvalue weighted by Crippen LogP contribution is 2.50. The third-order valence-corrected chi connectivity index (χ3v) is 5.98. The van der Waals surface area contributed by atoms with Crippen LogP contribution >= 0.6 is 0 Å². The summed E-state index contributed by atoms with van der Waals surface area (Å²) in [6.45, 7) is 3.31. The molecule has 0 bridgehead atoms. The number of furan rings is 1. The minimum atomic E-state index is -0.907. The summed E-state index contributed by atoms with van der Waals surface area (Å²) in [4.78, 5) is 40.7. The first-order valence-corrected chi connectivity index (χ1v) is 11.0. The summed E-state index contributed by atoms with van der Waals surface area (Å²) in [6, 6.07) is 3.57. The van der Waals surface area contributed by atoms with Crippen LogP contribution in [0.2, 0.25) is 0 Å². The highest BCUT2D eigenvalue weighted by atomic mass is 16.5. The van der Waals surface area contributed by atoms with Gasteiger partial charge in [-0.1, -0.05) is 6.08 Å². The van der Waals surface area contributed by atoms with E-state index in [0.717, 1.165) is 12.8 Å². The third-order valence-electron chi connectivity index (χ3n) is 5.98. The molecule has 1 N–H and O–H groups in total. The second-order valence-corrected chi connectivity index (χ2v) is 8.09. The number of methoxy groups -OCH3 is 1. The number of hydrogen-bond donors (Lipinski definition) is 1. The SMILES string of the molecule is CCOC(=O)[C@]12CCCC=C1N(Cc1ccco1)C(=O)[C@H](CC(=O)NCCCOC)C2. The van der Waals surface area contributed by atoms with Gasteiger partial charge in [0.2, 0.25) is 11.8 Å². The van der Waals surface area contributed by atoms with Crippen molar-refractivity contribution in [3.05, 3.63) is 35.9 Å². The van der Waals surface area contributed by atoms with Crippen LogP contribution in [0.4, 0.5) is 0 Å². The molecule has 1 aliphatic carbocycles. The predicted molar refractivity (Wildman–Crippen MR) is 112 cm³/mol. The van der Waals surface area contributed by atoms with Crippen molar-refractivity contribution in [3.63, 3.8) is 0 Å². The van der Waals surface area contributed by atoms with Gasteiger partial charge in [-0.25, -0.2) is 0 Å². The van der Waals surface area contributed by atoms with Crippen LogP contribution in [-0.2, 0) is 30.4 Å². The highest BCUT2D eigenvalue weighted by Gasteiger charge is 2.54. The van der Waals surface area contributed by atoms with Crippen molar-refractivity contribution >= 4 is 17.8 Å². The lowest BCUT2D eigenvalue weighted by molar-refractivity contribution is -0.162. The van der Waals surface area contributed by atoms with Crippen LogP contribution in [0.25, 0.3) is 0 Å². The molecular formula is C23H32N2O6. The van der Waals surface area contributed by atoms with E-state index in [1.165, 1.54) is 0 Å². The van der Waals surface area contributed by atoms with E-state index in [9.17, 15) is 14.4 Å². The van der Waals surface area contributed by atoms with Gasteiger partial charge in [0, 0.05) is 38.3 Å². The smallest absolute Gasteiger partial charge is 0.318 e. The molecule has 1 saturated heterocycles. The molecule has 0 spiro atoms. The Labute approximate surface area is 182 Å². The van der Waals surface area contributed by atoms with Crippen molar-refractivity contribution < 1.29 is 28.3 Å². The summed E-state index contributed by atoms with van der Waals surface area (Å²) >= 11 is 0. The third kappa shape index (κ3) is 5.18. The Kier molecular flexibility index (Phi) is 7.90. The molecule has 8 heteroatoms. The van der Waals surface area contributed by atoms with Gasteiger partial charge in [-0.2, -0.15) is 0 Å². The van der Waals surface area contributed by atoms with Crippen molar-refractivity contribution in [2.24, 2.45) is 11.3 Å². The average Bonchev–Trinajstić information content (AvgIpc) is 3.27. The number of nitrogens with zero attached hydrogens (tertiary/aromatic N) is 1. The number of piperidine rings is 1. The fourth-order valence-corrected chi connectivity index (χ4v) is 4.57. The van der Waals surface area contributed by atoms with E-state index >= 15 is 0 Å². The lowest BCUT2D eigenvalue weighted by atomic mass is 9.66. The number of amides is 2. The fraction of sp³-hybridized carbons (Fsp3) is 0.609. The average molecular weight is 433 g/mol. The minimum Gasteiger partial charge on any atom is -0.467 e. The van der Waals surface area contributed by atoms with Crippen LogP contribution in [0.5, 0.6) is 0 Å². The van der Waals surface area contributed by atoms with Crippen molar-refractivity contribution in [1.82, 2.24) is 10.2 Å². The van der Waals surface area contributed by atoms with Crippen LogP contribution < -0.4 is 5.32 Å². The molecule has 1 aromatic rings. The maximum absolute atomic E-state index is 13.4. The summed E-state index contributed by atoms with van der Waals surface area (Å²) in [7, 11) is 1.61. The molecule has 1 fully saturated rings. The van der Waals surface area contributed by atoms with E-state index in [1.807, 2.05) is 6.08 Å². The molecule has 8 nitrogen and oxygen atoms in total. The molecule has 0 radical (unpaired) electrons. The first-order chi connectivity index (χ1) is 15.0. The normalized spacial score (nSPS) is 23.2. The monoisotopic (exact) mass is 432 g/mol. The zero-order chi connectivity index (χ0) is 22.3. The second kappa shape index (κ2) is 10.6. The molecule has 1 aromatic heterocycles. The fourth-order valence-electron chi connectivity index (χ4n) is 4.57. The molecule has 2 aliphatic rings. The van der Waals surface area contributed by atoms with Gasteiger partial charge in [-0.3, -0.25) is 14.4 Å². The van der Waals surface area contributed by atoms with Crippen LogP contribution in [0.1, 0.15) is 51.2 Å². The molecule has 2 atom stereocenters. The molecule has 0 aromatic carbocycles. The van der Waals surface area contributed by atoms with Crippen LogP contribution in [-0.4, -0.2) is 49.6 Å². The molecule has 2 heterocycles. The van der Waals surface area contributed by atoms with Gasteiger partial charge in [0.1, 0.15) is 11.2 Å². The van der Waals surface area contributed by atoms with E-state index in [-0.39, 0.29) is 43.8 Å². The lowest BCUT2D eigenvalue weighted by Gasteiger charge is -2.47. The largest absolute Gasteiger partial charge is 0.467 e. The zero-order valence-corrected chi connectivity index (χ0v) is 18.4. The van der Waals surface area contributed by atoms with Gasteiger partial charge in [-0.05, 0) is 51.2 Å². The molecular weight excluding hydrogens is 400 g/mol. The summed E-state index contributed by atoms with van der Waals surface area (Å²) in [5, 5.41) is 2.85. The standard InChI is InChI=1S/C23H32N2O6/c1-3-30-22(28)23-10-5-4-9-19(23)25(16-18-8-6-13-31-18)21(27)17(15-23)14-20(26)24-11-7-12-29-2/h6,8-9,13,17H,3-5,7,10-12,14-16H2,1-2H3,(H,24,26)/t17-,23+/m1/s1. The van der Waals surface area contributed by atoms with Crippen LogP contribution in [0.3, 0.4) is 0 Å². The van der Waals surface area contributed by atoms with Gasteiger partial charge < -0.3 is 24.1 Å². The topological polar surface area (TPSA) is 98.1 Å². The van der Waals surface area contributed by atoms with E-state index < -0.39 is 11.3 Å². The molecule has 0 unspecified atom stereocenters. The van der Waals surface area contributed by atoms with Crippen LogP contribution in [0, 0.1) is 11.3 Å². The first-order valence-electron chi connectivity index (χ1n) is 11.0. The maximum atomic E-state index is 13.4. The van der Waals surface area contributed by atoms with Crippen molar-refractivity contribution in [2.45, 2.75) is 52.0 Å². The number of carbonyl (C=O) groups is 3. The van der Waals surface area contributed by atoms with Gasteiger partial charge in [0.05, 0.1) is 19.4 Å². The molecule has 1 aliphatic heterocycles. The molecule has 31 heavy (non-hydrogen) atoms. The quantitative estimate of drug-likeness (QED) is 0.451. The summed E-state index contributed by atoms with van der Waals surface area (Å²) in [6.07, 6.45) is 6.79. The number of esters is 1. The summed E-state index contributed by atoms with van der Waals surface area (Å²) in [5.74, 6) is -0.645. The Morgan fingerprint density at radius 2 is 2.23 bits per heavy atom. The summed E-state index contributed by atoms with van der Waals surface area (Å²) < 4.78 is 15.9. The molecule has 2 amide bonds. The van der Waals surface area contributed by atoms with E-state index in [2.05, 4.69) is 5.32 Å². The van der Waals surface area contributed by atoms with Crippen LogP contribution in [0.15, 0.2) is 34.6 Å². The Balaban J connectivity index is 1.85. The predicted octanol–water partition coefficient (Wildman–Crippen LogP) is 2.79. The second-order valence-electron chi connectivity index (χ2n) is 8.09. The number of likely N-dealkylation sites (tertiary alicyclic amines) is 1. The van der Waals surface area contributed by atoms with E-state index in [4.69, 9.17) is 13.9 Å². The highest BCUT2D eigenvalue weighted by molar-refractivity contribution is 5.92. The Bertz CT molecular complexity index is 803. The van der Waals surface area contributed by atoms with Gasteiger partial charge in [-0.15, -0.1) is 0 Å². The molecule has 0 saturated carbocycles. The maximum Gasteiger partial charge on any atom is 0.318 e. The number of carbonyl (C=O) groups excluding carboxylic acids is 3. The van der Waals surface area contributed by atoms with Crippen molar-refractivity contribution in [1.29, 1.82) is 0 Å². The summed E-state index contributed by atoms with van der Waals surface area (Å²) in [5.41, 5.74) is -0.217. The van der Waals surface area contributed by atoms with E-state index in [1.54, 1.807) is 37.3 Å². The Morgan fingerprint density at radius 1 is 1.39 bits per heavy atom. The first kappa shape index (κ1) is 23.1. The number of ether oxygens (including phenoxy) is 2. The van der Waals surface area contributed by atoms with Crippen molar-refractivity contribution in [3.8, 4) is 0 Å². The van der Waals surface area contributed by atoms with Crippen molar-refractivity contribution in [2.75, 3.05) is 26.9 Å². The van der Waals surface area contributed by atoms with E-state index in [0.29, 0.717) is 37.5 Å². The minimum absolute atomic E-state index is 0.0366. The van der Waals surface area contributed by atoms with Gasteiger partial charge >= 0.3 is 5.97 Å². The zero-order valence-electron chi connectivity index (χ0n) is 18.4. The van der Waals surface area contributed by atoms with Gasteiger partial charge in [0.25, 0.3) is 0 Å². The van der Waals surface area contributed by atoms with Gasteiger partial charge in [0.15, 0.2) is 0 Å². The number of hydrogen-bond acceptors (Lipinski definition) is 6. The number of allylic oxidation sites excluding steroid dienone is 1.